The molecular weight excluding hydrogens is 303 g/mol. The van der Waals surface area contributed by atoms with Crippen LogP contribution in [0.25, 0.3) is 6.08 Å². The predicted octanol–water partition coefficient (Wildman–Crippen LogP) is 2.68. The summed E-state index contributed by atoms with van der Waals surface area (Å²) in [4.78, 5) is 11.3. The topological polar surface area (TPSA) is 46.5 Å². The van der Waals surface area contributed by atoms with E-state index in [1.54, 1.807) is 19.1 Å². The maximum atomic E-state index is 13.9. The van der Waals surface area contributed by atoms with E-state index < -0.39 is 16.7 Å². The number of alkyl halides is 2. The average Bonchev–Trinajstić information content (AvgIpc) is 2.37. The van der Waals surface area contributed by atoms with Gasteiger partial charge in [0.05, 0.1) is 6.61 Å². The average molecular weight is 317 g/mol. The maximum Gasteiger partial charge on any atom is 0.358 e. The van der Waals surface area contributed by atoms with Gasteiger partial charge in [-0.25, -0.2) is 9.18 Å². The molecule has 1 aromatic rings. The van der Waals surface area contributed by atoms with Crippen molar-refractivity contribution in [3.63, 3.8) is 0 Å². The molecule has 0 saturated carbocycles. The van der Waals surface area contributed by atoms with Crippen LogP contribution in [0.2, 0.25) is 0 Å². The fourth-order valence-corrected chi connectivity index (χ4v) is 1.50. The highest BCUT2D eigenvalue weighted by Gasteiger charge is 2.43. The van der Waals surface area contributed by atoms with Gasteiger partial charge in [0.25, 0.3) is 4.58 Å². The fourth-order valence-electron chi connectivity index (χ4n) is 1.24. The lowest BCUT2D eigenvalue weighted by Gasteiger charge is -2.19. The van der Waals surface area contributed by atoms with Crippen LogP contribution in [0.5, 0.6) is 0 Å². The van der Waals surface area contributed by atoms with Crippen molar-refractivity contribution >= 4 is 28.0 Å². The number of hydrogen-bond donors (Lipinski definition) is 1. The van der Waals surface area contributed by atoms with Crippen molar-refractivity contribution in [1.82, 2.24) is 0 Å². The summed E-state index contributed by atoms with van der Waals surface area (Å²) >= 11 is 2.54. The number of aliphatic hydroxyl groups excluding tert-OH is 1. The van der Waals surface area contributed by atoms with Crippen molar-refractivity contribution in [3.8, 4) is 0 Å². The van der Waals surface area contributed by atoms with Gasteiger partial charge in [-0.3, -0.25) is 0 Å². The zero-order valence-electron chi connectivity index (χ0n) is 9.85. The third-order valence-electron chi connectivity index (χ3n) is 2.19. The van der Waals surface area contributed by atoms with Gasteiger partial charge in [-0.1, -0.05) is 42.5 Å². The molecule has 2 unspecified atom stereocenters. The van der Waals surface area contributed by atoms with Gasteiger partial charge in [0, 0.05) is 0 Å². The molecule has 1 aromatic carbocycles. The highest BCUT2D eigenvalue weighted by molar-refractivity contribution is 9.10. The molecule has 5 heteroatoms. The highest BCUT2D eigenvalue weighted by Crippen LogP contribution is 2.27. The second kappa shape index (κ2) is 6.66. The van der Waals surface area contributed by atoms with Crippen molar-refractivity contribution < 1.29 is 19.0 Å². The maximum absolute atomic E-state index is 13.9. The number of halogens is 2. The Kier molecular flexibility index (Phi) is 5.50. The zero-order valence-corrected chi connectivity index (χ0v) is 11.4. The van der Waals surface area contributed by atoms with Crippen molar-refractivity contribution in [1.29, 1.82) is 0 Å². The first kappa shape index (κ1) is 14.9. The Morgan fingerprint density at radius 2 is 2.17 bits per heavy atom. The largest absolute Gasteiger partial charge is 0.463 e. The van der Waals surface area contributed by atoms with Crippen LogP contribution in [-0.4, -0.2) is 28.4 Å². The van der Waals surface area contributed by atoms with Crippen LogP contribution in [0.3, 0.4) is 0 Å². The zero-order chi connectivity index (χ0) is 13.6. The molecule has 0 heterocycles. The summed E-state index contributed by atoms with van der Waals surface area (Å²) in [6.45, 7) is 1.61. The molecule has 0 aromatic heterocycles. The highest BCUT2D eigenvalue weighted by atomic mass is 79.9. The number of rotatable bonds is 5. The minimum atomic E-state index is -2.63. The Morgan fingerprint density at radius 3 is 2.72 bits per heavy atom. The molecule has 1 rings (SSSR count). The summed E-state index contributed by atoms with van der Waals surface area (Å²) < 4.78 is 15.8. The van der Waals surface area contributed by atoms with Gasteiger partial charge in [0.2, 0.25) is 0 Å². The third kappa shape index (κ3) is 3.92. The Bertz CT molecular complexity index is 418. The molecule has 0 aliphatic carbocycles. The van der Waals surface area contributed by atoms with E-state index in [4.69, 9.17) is 0 Å². The van der Waals surface area contributed by atoms with Crippen LogP contribution in [-0.2, 0) is 9.53 Å². The SMILES string of the molecule is CCOC(=O)C(F)(Br)C(O)/C=C/c1ccccc1. The Morgan fingerprint density at radius 1 is 1.56 bits per heavy atom. The van der Waals surface area contributed by atoms with E-state index in [-0.39, 0.29) is 6.61 Å². The van der Waals surface area contributed by atoms with Crippen LogP contribution in [0.15, 0.2) is 36.4 Å². The standard InChI is InChI=1S/C13H14BrFO3/c1-2-18-12(17)13(14,15)11(16)9-8-10-6-4-3-5-7-10/h3-9,11,16H,2H2,1H3/b9-8+. The molecular formula is C13H14BrFO3. The van der Waals surface area contributed by atoms with Crippen LogP contribution in [0.4, 0.5) is 4.39 Å². The Labute approximate surface area is 113 Å². The Hall–Kier alpha value is -1.20. The van der Waals surface area contributed by atoms with Gasteiger partial charge in [0.15, 0.2) is 0 Å². The molecule has 1 N–H and O–H groups in total. The normalized spacial score (nSPS) is 16.2. The summed E-state index contributed by atoms with van der Waals surface area (Å²) in [5.41, 5.74) is 0.795. The smallest absolute Gasteiger partial charge is 0.358 e. The summed E-state index contributed by atoms with van der Waals surface area (Å²) in [5, 5.41) is 9.63. The second-order valence-electron chi connectivity index (χ2n) is 3.56. The summed E-state index contributed by atoms with van der Waals surface area (Å²) in [6.07, 6.45) is 1.09. The van der Waals surface area contributed by atoms with E-state index in [2.05, 4.69) is 20.7 Å². The van der Waals surface area contributed by atoms with Gasteiger partial charge < -0.3 is 9.84 Å². The van der Waals surface area contributed by atoms with Gasteiger partial charge in [-0.05, 0) is 28.4 Å². The van der Waals surface area contributed by atoms with Crippen molar-refractivity contribution in [3.05, 3.63) is 42.0 Å². The number of carbonyl (C=O) groups is 1. The first-order chi connectivity index (χ1) is 8.48. The number of carbonyl (C=O) groups excluding carboxylic acids is 1. The minimum absolute atomic E-state index is 0.0468. The predicted molar refractivity (Wildman–Crippen MR) is 70.9 cm³/mol. The van der Waals surface area contributed by atoms with Gasteiger partial charge in [-0.2, -0.15) is 0 Å². The van der Waals surface area contributed by atoms with E-state index in [0.717, 1.165) is 5.56 Å². The molecule has 0 fully saturated rings. The quantitative estimate of drug-likeness (QED) is 0.671. The number of hydrogen-bond acceptors (Lipinski definition) is 3. The summed E-state index contributed by atoms with van der Waals surface area (Å²) in [6, 6.07) is 9.06. The van der Waals surface area contributed by atoms with Crippen molar-refractivity contribution in [2.45, 2.75) is 17.6 Å². The van der Waals surface area contributed by atoms with Crippen LogP contribution in [0.1, 0.15) is 12.5 Å². The molecule has 0 amide bonds. The lowest BCUT2D eigenvalue weighted by atomic mass is 10.1. The van der Waals surface area contributed by atoms with E-state index >= 15 is 0 Å². The van der Waals surface area contributed by atoms with E-state index in [1.165, 1.54) is 12.2 Å². The number of ether oxygens (including phenoxy) is 1. The first-order valence-electron chi connectivity index (χ1n) is 5.44. The third-order valence-corrected chi connectivity index (χ3v) is 2.98. The molecule has 0 saturated heterocycles. The lowest BCUT2D eigenvalue weighted by Crippen LogP contribution is -2.40. The van der Waals surface area contributed by atoms with Crippen molar-refractivity contribution in [2.24, 2.45) is 0 Å². The lowest BCUT2D eigenvalue weighted by molar-refractivity contribution is -0.154. The van der Waals surface area contributed by atoms with E-state index in [0.29, 0.717) is 0 Å². The first-order valence-corrected chi connectivity index (χ1v) is 6.24. The van der Waals surface area contributed by atoms with E-state index in [1.807, 2.05) is 18.2 Å². The molecule has 2 atom stereocenters. The van der Waals surface area contributed by atoms with Crippen LogP contribution >= 0.6 is 15.9 Å². The van der Waals surface area contributed by atoms with Crippen LogP contribution in [0, 0.1) is 0 Å². The molecule has 0 aliphatic heterocycles. The second-order valence-corrected chi connectivity index (χ2v) is 4.71. The minimum Gasteiger partial charge on any atom is -0.463 e. The van der Waals surface area contributed by atoms with Gasteiger partial charge in [-0.15, -0.1) is 0 Å². The molecule has 0 aliphatic rings. The molecule has 0 spiro atoms. The van der Waals surface area contributed by atoms with Gasteiger partial charge >= 0.3 is 5.97 Å². The molecule has 3 nitrogen and oxygen atoms in total. The molecule has 0 radical (unpaired) electrons. The molecule has 98 valence electrons. The molecule has 0 bridgehead atoms. The van der Waals surface area contributed by atoms with E-state index in [9.17, 15) is 14.3 Å². The molecule has 18 heavy (non-hydrogen) atoms. The Balaban J connectivity index is 2.72. The summed E-state index contributed by atoms with van der Waals surface area (Å²) in [5.74, 6) is -1.14. The monoisotopic (exact) mass is 316 g/mol. The van der Waals surface area contributed by atoms with Crippen molar-refractivity contribution in [2.75, 3.05) is 6.61 Å². The number of esters is 1. The number of benzene rings is 1. The fraction of sp³-hybridized carbons (Fsp3) is 0.308. The summed E-state index contributed by atoms with van der Waals surface area (Å²) in [7, 11) is 0. The van der Waals surface area contributed by atoms with Gasteiger partial charge in [0.1, 0.15) is 6.10 Å². The number of aliphatic hydroxyl groups is 1. The van der Waals surface area contributed by atoms with Crippen LogP contribution < -0.4 is 0 Å².